The zero-order valence-electron chi connectivity index (χ0n) is 11.7. The maximum absolute atomic E-state index is 11.7. The lowest BCUT2D eigenvalue weighted by Gasteiger charge is -2.17. The van der Waals surface area contributed by atoms with Gasteiger partial charge in [-0.1, -0.05) is 27.4 Å². The van der Waals surface area contributed by atoms with Crippen molar-refractivity contribution in [1.82, 2.24) is 0 Å². The van der Waals surface area contributed by atoms with Gasteiger partial charge in [0.1, 0.15) is 6.10 Å². The molecule has 0 saturated heterocycles. The highest BCUT2D eigenvalue weighted by molar-refractivity contribution is 5.78. The number of methoxy groups -OCH3 is 1. The molecule has 1 rings (SSSR count). The molecule has 0 aromatic heterocycles. The fourth-order valence-electron chi connectivity index (χ4n) is 2.47. The Bertz CT molecular complexity index is 447. The van der Waals surface area contributed by atoms with Gasteiger partial charge in [-0.3, -0.25) is 9.59 Å². The van der Waals surface area contributed by atoms with Crippen LogP contribution in [0.2, 0.25) is 0 Å². The topological polar surface area (TPSA) is 76.4 Å². The minimum atomic E-state index is -0.753. The third kappa shape index (κ3) is 2.78. The summed E-state index contributed by atoms with van der Waals surface area (Å²) < 4.78 is 10.0. The van der Waals surface area contributed by atoms with E-state index in [2.05, 4.69) is 6.58 Å². The number of hydrogen-bond acceptors (Lipinski definition) is 5. The molecule has 0 spiro atoms. The number of ether oxygens (including phenoxy) is 2. The summed E-state index contributed by atoms with van der Waals surface area (Å²) in [6.45, 7) is 9.06. The van der Waals surface area contributed by atoms with Gasteiger partial charge in [0.15, 0.2) is 0 Å². The van der Waals surface area contributed by atoms with Crippen molar-refractivity contribution in [2.75, 3.05) is 7.11 Å². The van der Waals surface area contributed by atoms with Crippen LogP contribution in [0.4, 0.5) is 0 Å². The summed E-state index contributed by atoms with van der Waals surface area (Å²) in [5, 5.41) is 8.96. The Kier molecular flexibility index (Phi) is 4.35. The molecule has 0 aliphatic heterocycles. The van der Waals surface area contributed by atoms with Crippen LogP contribution in [-0.2, 0) is 19.1 Å². The largest absolute Gasteiger partial charge is 0.469 e. The Morgan fingerprint density at radius 1 is 1.47 bits per heavy atom. The van der Waals surface area contributed by atoms with Gasteiger partial charge in [-0.05, 0) is 5.41 Å². The molecule has 3 unspecified atom stereocenters. The van der Waals surface area contributed by atoms with Crippen LogP contribution in [0.25, 0.3) is 0 Å². The van der Waals surface area contributed by atoms with Crippen LogP contribution in [0.3, 0.4) is 0 Å². The minimum Gasteiger partial charge on any atom is -0.469 e. The molecule has 1 aliphatic carbocycles. The van der Waals surface area contributed by atoms with Gasteiger partial charge >= 0.3 is 11.9 Å². The number of hydrogen-bond donors (Lipinski definition) is 0. The standard InChI is InChI=1S/C14H19NO4/c1-6-9(16)19-12(8(2)7-15)10-11(13(17)18-5)14(10,3)4/h10-12H,2,6H2,1,3-5H3. The first-order valence-electron chi connectivity index (χ1n) is 6.17. The number of rotatable bonds is 5. The summed E-state index contributed by atoms with van der Waals surface area (Å²) in [7, 11) is 1.32. The highest BCUT2D eigenvalue weighted by atomic mass is 16.5. The van der Waals surface area contributed by atoms with Gasteiger partial charge in [0, 0.05) is 12.3 Å². The van der Waals surface area contributed by atoms with Gasteiger partial charge in [-0.15, -0.1) is 0 Å². The third-order valence-electron chi connectivity index (χ3n) is 3.73. The first kappa shape index (κ1) is 15.2. The Labute approximate surface area is 113 Å². The molecule has 1 saturated carbocycles. The molecule has 0 aromatic carbocycles. The summed E-state index contributed by atoms with van der Waals surface area (Å²) >= 11 is 0. The van der Waals surface area contributed by atoms with E-state index in [0.717, 1.165) is 0 Å². The molecule has 5 heteroatoms. The predicted molar refractivity (Wildman–Crippen MR) is 67.7 cm³/mol. The lowest BCUT2D eigenvalue weighted by atomic mass is 10.0. The Morgan fingerprint density at radius 2 is 2.05 bits per heavy atom. The minimum absolute atomic E-state index is 0.159. The van der Waals surface area contributed by atoms with Gasteiger partial charge in [-0.25, -0.2) is 0 Å². The molecule has 0 heterocycles. The van der Waals surface area contributed by atoms with Crippen molar-refractivity contribution in [2.45, 2.75) is 33.3 Å². The molecule has 3 atom stereocenters. The fraction of sp³-hybridized carbons (Fsp3) is 0.643. The van der Waals surface area contributed by atoms with Crippen LogP contribution >= 0.6 is 0 Å². The highest BCUT2D eigenvalue weighted by Gasteiger charge is 2.67. The number of nitrogens with zero attached hydrogens (tertiary/aromatic N) is 1. The highest BCUT2D eigenvalue weighted by Crippen LogP contribution is 2.61. The van der Waals surface area contributed by atoms with Crippen LogP contribution in [-0.4, -0.2) is 25.2 Å². The quantitative estimate of drug-likeness (QED) is 0.560. The van der Waals surface area contributed by atoms with E-state index in [4.69, 9.17) is 14.7 Å². The van der Waals surface area contributed by atoms with Crippen LogP contribution in [0.5, 0.6) is 0 Å². The summed E-state index contributed by atoms with van der Waals surface area (Å²) in [6.07, 6.45) is -0.540. The first-order valence-corrected chi connectivity index (χ1v) is 6.17. The van der Waals surface area contributed by atoms with Gasteiger partial charge < -0.3 is 9.47 Å². The van der Waals surface area contributed by atoms with Crippen molar-refractivity contribution in [1.29, 1.82) is 5.26 Å². The van der Waals surface area contributed by atoms with E-state index >= 15 is 0 Å². The molecule has 0 radical (unpaired) electrons. The molecule has 1 aliphatic rings. The second kappa shape index (κ2) is 5.43. The van der Waals surface area contributed by atoms with Crippen molar-refractivity contribution in [3.05, 3.63) is 12.2 Å². The first-order chi connectivity index (χ1) is 8.81. The molecule has 0 bridgehead atoms. The van der Waals surface area contributed by atoms with Crippen LogP contribution in [0, 0.1) is 28.6 Å². The molecule has 5 nitrogen and oxygen atoms in total. The smallest absolute Gasteiger partial charge is 0.309 e. The Morgan fingerprint density at radius 3 is 2.47 bits per heavy atom. The molecule has 0 N–H and O–H groups in total. The average molecular weight is 265 g/mol. The lowest BCUT2D eigenvalue weighted by molar-refractivity contribution is -0.150. The number of carbonyl (C=O) groups is 2. The number of nitriles is 1. The zero-order valence-corrected chi connectivity index (χ0v) is 11.7. The van der Waals surface area contributed by atoms with Crippen LogP contribution < -0.4 is 0 Å². The van der Waals surface area contributed by atoms with E-state index < -0.39 is 12.1 Å². The van der Waals surface area contributed by atoms with Gasteiger partial charge in [0.2, 0.25) is 0 Å². The Balaban J connectivity index is 2.95. The van der Waals surface area contributed by atoms with E-state index in [1.807, 2.05) is 19.9 Å². The number of carbonyl (C=O) groups excluding carboxylic acids is 2. The van der Waals surface area contributed by atoms with Gasteiger partial charge in [-0.2, -0.15) is 5.26 Å². The molecule has 19 heavy (non-hydrogen) atoms. The van der Waals surface area contributed by atoms with Crippen molar-refractivity contribution in [2.24, 2.45) is 17.3 Å². The maximum atomic E-state index is 11.7. The van der Waals surface area contributed by atoms with Crippen molar-refractivity contribution in [3.63, 3.8) is 0 Å². The Hall–Kier alpha value is -1.83. The second-order valence-electron chi connectivity index (χ2n) is 5.25. The molecule has 1 fully saturated rings. The van der Waals surface area contributed by atoms with Crippen molar-refractivity contribution in [3.8, 4) is 6.07 Å². The number of esters is 2. The van der Waals surface area contributed by atoms with Gasteiger partial charge in [0.25, 0.3) is 0 Å². The zero-order chi connectivity index (χ0) is 14.8. The van der Waals surface area contributed by atoms with Crippen LogP contribution in [0.1, 0.15) is 27.2 Å². The average Bonchev–Trinajstić information content (AvgIpc) is 2.96. The van der Waals surface area contributed by atoms with Crippen molar-refractivity contribution >= 4 is 11.9 Å². The fourth-order valence-corrected chi connectivity index (χ4v) is 2.47. The van der Waals surface area contributed by atoms with E-state index in [1.54, 1.807) is 6.92 Å². The van der Waals surface area contributed by atoms with E-state index in [1.165, 1.54) is 7.11 Å². The van der Waals surface area contributed by atoms with E-state index in [0.29, 0.717) is 0 Å². The summed E-state index contributed by atoms with van der Waals surface area (Å²) in [4.78, 5) is 23.1. The molecule has 104 valence electrons. The third-order valence-corrected chi connectivity index (χ3v) is 3.73. The maximum Gasteiger partial charge on any atom is 0.309 e. The monoisotopic (exact) mass is 265 g/mol. The summed E-state index contributed by atoms with van der Waals surface area (Å²) in [5.74, 6) is -1.40. The lowest BCUT2D eigenvalue weighted by Crippen LogP contribution is -2.24. The second-order valence-corrected chi connectivity index (χ2v) is 5.25. The molecule has 0 aromatic rings. The van der Waals surface area contributed by atoms with Gasteiger partial charge in [0.05, 0.1) is 24.7 Å². The van der Waals surface area contributed by atoms with Crippen molar-refractivity contribution < 1.29 is 19.1 Å². The normalized spacial score (nSPS) is 24.8. The SMILES string of the molecule is C=C(C#N)C(OC(=O)CC)C1C(C(=O)OC)C1(C)C. The van der Waals surface area contributed by atoms with E-state index in [9.17, 15) is 9.59 Å². The predicted octanol–water partition coefficient (Wildman–Crippen LogP) is 1.83. The summed E-state index contributed by atoms with van der Waals surface area (Å²) in [6, 6.07) is 1.91. The molecule has 0 amide bonds. The molecular weight excluding hydrogens is 246 g/mol. The van der Waals surface area contributed by atoms with E-state index in [-0.39, 0.29) is 35.2 Å². The summed E-state index contributed by atoms with van der Waals surface area (Å²) in [5.41, 5.74) is -0.211. The molecular formula is C14H19NO4. The van der Waals surface area contributed by atoms with Crippen LogP contribution in [0.15, 0.2) is 12.2 Å².